The van der Waals surface area contributed by atoms with Gasteiger partial charge in [0.15, 0.2) is 0 Å². The van der Waals surface area contributed by atoms with Gasteiger partial charge in [0.05, 0.1) is 0 Å². The van der Waals surface area contributed by atoms with Gasteiger partial charge in [-0.3, -0.25) is 0 Å². The molecule has 0 amide bonds. The van der Waals surface area contributed by atoms with Crippen molar-refractivity contribution in [3.8, 4) is 0 Å². The summed E-state index contributed by atoms with van der Waals surface area (Å²) in [7, 11) is 1.71. The number of hydrogen-bond donors (Lipinski definition) is 2. The van der Waals surface area contributed by atoms with E-state index in [0.717, 1.165) is 0 Å². The molecular formula is C8H14S3. The molecule has 2 rings (SSSR count). The van der Waals surface area contributed by atoms with Gasteiger partial charge in [0.1, 0.15) is 0 Å². The zero-order valence-electron chi connectivity index (χ0n) is 6.55. The molecule has 2 saturated carbocycles. The SMILES string of the molecule is SSCC12CCC(S)(CC1)C2. The molecule has 0 aromatic rings. The molecule has 0 aromatic heterocycles. The average molecular weight is 206 g/mol. The van der Waals surface area contributed by atoms with Crippen LogP contribution in [0.2, 0.25) is 0 Å². The van der Waals surface area contributed by atoms with Crippen molar-refractivity contribution in [3.05, 3.63) is 0 Å². The fourth-order valence-electron chi connectivity index (χ4n) is 2.63. The van der Waals surface area contributed by atoms with Crippen molar-refractivity contribution in [3.63, 3.8) is 0 Å². The topological polar surface area (TPSA) is 0 Å². The molecule has 2 aliphatic carbocycles. The predicted molar refractivity (Wildman–Crippen MR) is 58.7 cm³/mol. The Balaban J connectivity index is 2.08. The monoisotopic (exact) mass is 206 g/mol. The highest BCUT2D eigenvalue weighted by Gasteiger charge is 2.51. The second-order valence-corrected chi connectivity index (χ2v) is 6.44. The van der Waals surface area contributed by atoms with Gasteiger partial charge in [0.25, 0.3) is 0 Å². The summed E-state index contributed by atoms with van der Waals surface area (Å²) in [4.78, 5) is 0. The van der Waals surface area contributed by atoms with E-state index >= 15 is 0 Å². The van der Waals surface area contributed by atoms with Crippen molar-refractivity contribution in [1.82, 2.24) is 0 Å². The Morgan fingerprint density at radius 3 is 2.18 bits per heavy atom. The van der Waals surface area contributed by atoms with Crippen LogP contribution < -0.4 is 0 Å². The van der Waals surface area contributed by atoms with E-state index in [1.165, 1.54) is 37.9 Å². The smallest absolute Gasteiger partial charge is 0.0136 e. The molecule has 2 bridgehead atoms. The van der Waals surface area contributed by atoms with Crippen LogP contribution in [0.15, 0.2) is 0 Å². The first-order valence-corrected chi connectivity index (χ1v) is 6.65. The minimum Gasteiger partial charge on any atom is -0.172 e. The quantitative estimate of drug-likeness (QED) is 0.517. The van der Waals surface area contributed by atoms with Gasteiger partial charge in [-0.05, 0) is 37.5 Å². The van der Waals surface area contributed by atoms with Gasteiger partial charge < -0.3 is 0 Å². The summed E-state index contributed by atoms with van der Waals surface area (Å²) in [5.74, 6) is 1.23. The summed E-state index contributed by atoms with van der Waals surface area (Å²) in [5.41, 5.74) is 0.633. The van der Waals surface area contributed by atoms with Gasteiger partial charge in [0.2, 0.25) is 0 Å². The van der Waals surface area contributed by atoms with Crippen molar-refractivity contribution >= 4 is 35.1 Å². The summed E-state index contributed by atoms with van der Waals surface area (Å²) in [6.07, 6.45) is 6.81. The van der Waals surface area contributed by atoms with E-state index in [1.807, 2.05) is 0 Å². The van der Waals surface area contributed by atoms with Crippen LogP contribution in [0.3, 0.4) is 0 Å². The Morgan fingerprint density at radius 1 is 1.18 bits per heavy atom. The van der Waals surface area contributed by atoms with Crippen LogP contribution in [0.1, 0.15) is 32.1 Å². The van der Waals surface area contributed by atoms with Gasteiger partial charge in [-0.25, -0.2) is 0 Å². The summed E-state index contributed by atoms with van der Waals surface area (Å²) in [6, 6.07) is 0. The lowest BCUT2D eigenvalue weighted by Gasteiger charge is -2.24. The molecule has 2 fully saturated rings. The number of hydrogen-bond acceptors (Lipinski definition) is 3. The van der Waals surface area contributed by atoms with Crippen LogP contribution in [0.25, 0.3) is 0 Å². The van der Waals surface area contributed by atoms with E-state index in [9.17, 15) is 0 Å². The molecular weight excluding hydrogens is 192 g/mol. The molecule has 0 aliphatic heterocycles. The van der Waals surface area contributed by atoms with Gasteiger partial charge in [0, 0.05) is 10.5 Å². The Kier molecular flexibility index (Phi) is 2.18. The normalized spacial score (nSPS) is 48.5. The second-order valence-electron chi connectivity index (χ2n) is 4.17. The average Bonchev–Trinajstić information content (AvgIpc) is 2.42. The fourth-order valence-corrected chi connectivity index (χ4v) is 4.67. The predicted octanol–water partition coefficient (Wildman–Crippen LogP) is 3.20. The van der Waals surface area contributed by atoms with E-state index in [4.69, 9.17) is 12.6 Å². The van der Waals surface area contributed by atoms with Crippen molar-refractivity contribution in [2.75, 3.05) is 5.75 Å². The van der Waals surface area contributed by atoms with Crippen molar-refractivity contribution in [2.45, 2.75) is 36.9 Å². The van der Waals surface area contributed by atoms with Crippen LogP contribution in [0.5, 0.6) is 0 Å². The highest BCUT2D eigenvalue weighted by Crippen LogP contribution is 2.60. The molecule has 0 unspecified atom stereocenters. The van der Waals surface area contributed by atoms with Crippen molar-refractivity contribution in [1.29, 1.82) is 0 Å². The van der Waals surface area contributed by atoms with Crippen LogP contribution in [-0.2, 0) is 0 Å². The summed E-state index contributed by atoms with van der Waals surface area (Å²) in [6.45, 7) is 0. The van der Waals surface area contributed by atoms with E-state index < -0.39 is 0 Å². The summed E-state index contributed by atoms with van der Waals surface area (Å²) < 4.78 is 0.420. The third-order valence-corrected chi connectivity index (χ3v) is 5.05. The van der Waals surface area contributed by atoms with E-state index in [1.54, 1.807) is 10.8 Å². The summed E-state index contributed by atoms with van der Waals surface area (Å²) in [5, 5.41) is 0. The summed E-state index contributed by atoms with van der Waals surface area (Å²) >= 11 is 8.98. The lowest BCUT2D eigenvalue weighted by atomic mass is 9.86. The Hall–Kier alpha value is 1.05. The van der Waals surface area contributed by atoms with Gasteiger partial charge >= 0.3 is 0 Å². The maximum atomic E-state index is 4.74. The largest absolute Gasteiger partial charge is 0.172 e. The van der Waals surface area contributed by atoms with Crippen LogP contribution >= 0.6 is 35.1 Å². The molecule has 3 heteroatoms. The maximum absolute atomic E-state index is 4.74. The minimum absolute atomic E-state index is 0.420. The standard InChI is InChI=1S/C8H14S3/c9-8-3-1-7(5-8,2-4-8)6-11-10/h9-10H,1-6H2. The third-order valence-electron chi connectivity index (χ3n) is 3.32. The third kappa shape index (κ3) is 1.44. The van der Waals surface area contributed by atoms with E-state index in [2.05, 4.69) is 11.7 Å². The molecule has 0 heterocycles. The molecule has 0 atom stereocenters. The number of rotatable bonds is 2. The van der Waals surface area contributed by atoms with Crippen LogP contribution in [-0.4, -0.2) is 10.5 Å². The highest BCUT2D eigenvalue weighted by molar-refractivity contribution is 8.68. The van der Waals surface area contributed by atoms with Crippen LogP contribution in [0.4, 0.5) is 0 Å². The molecule has 64 valence electrons. The Bertz CT molecular complexity index is 153. The lowest BCUT2D eigenvalue weighted by molar-refractivity contribution is 0.343. The van der Waals surface area contributed by atoms with Crippen molar-refractivity contribution < 1.29 is 0 Å². The lowest BCUT2D eigenvalue weighted by Crippen LogP contribution is -2.16. The van der Waals surface area contributed by atoms with Gasteiger partial charge in [-0.2, -0.15) is 12.6 Å². The van der Waals surface area contributed by atoms with Gasteiger partial charge in [-0.1, -0.05) is 10.8 Å². The van der Waals surface area contributed by atoms with Crippen LogP contribution in [0, 0.1) is 5.41 Å². The molecule has 2 aliphatic rings. The molecule has 0 spiro atoms. The number of fused-ring (bicyclic) bond motifs is 2. The molecule has 0 saturated heterocycles. The molecule has 0 N–H and O–H groups in total. The highest BCUT2D eigenvalue weighted by atomic mass is 33.1. The first-order chi connectivity index (χ1) is 5.18. The van der Waals surface area contributed by atoms with E-state index in [-0.39, 0.29) is 0 Å². The fraction of sp³-hybridized carbons (Fsp3) is 1.00. The molecule has 11 heavy (non-hydrogen) atoms. The minimum atomic E-state index is 0.420. The van der Waals surface area contributed by atoms with E-state index in [0.29, 0.717) is 10.2 Å². The molecule has 0 aromatic carbocycles. The van der Waals surface area contributed by atoms with Gasteiger partial charge in [-0.15, -0.1) is 11.7 Å². The zero-order valence-corrected chi connectivity index (χ0v) is 9.15. The first kappa shape index (κ1) is 8.64. The molecule has 0 radical (unpaired) electrons. The second kappa shape index (κ2) is 2.78. The number of thiol groups is 2. The van der Waals surface area contributed by atoms with Crippen molar-refractivity contribution in [2.24, 2.45) is 5.41 Å². The maximum Gasteiger partial charge on any atom is 0.0136 e. The Labute approximate surface area is 83.1 Å². The molecule has 0 nitrogen and oxygen atoms in total. The zero-order chi connectivity index (χ0) is 7.95. The first-order valence-electron chi connectivity index (χ1n) is 4.17. The Morgan fingerprint density at radius 2 is 1.82 bits per heavy atom.